The van der Waals surface area contributed by atoms with E-state index in [9.17, 15) is 4.39 Å². The quantitative estimate of drug-likeness (QED) is 0.595. The molecular formula is C10H8BrClFN5. The lowest BCUT2D eigenvalue weighted by atomic mass is 10.3. The van der Waals surface area contributed by atoms with Crippen molar-refractivity contribution < 1.29 is 4.39 Å². The summed E-state index contributed by atoms with van der Waals surface area (Å²) in [5, 5.41) is 3.03. The van der Waals surface area contributed by atoms with Crippen LogP contribution in [0.1, 0.15) is 0 Å². The molecule has 0 saturated carbocycles. The number of rotatable bonds is 3. The topological polar surface area (TPSA) is 75.9 Å². The third kappa shape index (κ3) is 2.87. The van der Waals surface area contributed by atoms with Crippen LogP contribution < -0.4 is 16.6 Å². The number of hydrazine groups is 1. The number of nitrogen functional groups attached to an aromatic ring is 1. The summed E-state index contributed by atoms with van der Waals surface area (Å²) in [6, 6.07) is 4.59. The van der Waals surface area contributed by atoms with Crippen LogP contribution in [0.3, 0.4) is 0 Å². The molecule has 0 radical (unpaired) electrons. The molecule has 0 atom stereocenters. The second-order valence-electron chi connectivity index (χ2n) is 3.28. The average molecular weight is 333 g/mol. The van der Waals surface area contributed by atoms with Crippen molar-refractivity contribution in [2.24, 2.45) is 5.84 Å². The van der Waals surface area contributed by atoms with Crippen molar-refractivity contribution in [3.8, 4) is 0 Å². The third-order valence-electron chi connectivity index (χ3n) is 2.06. The molecule has 94 valence electrons. The molecule has 0 saturated heterocycles. The number of nitrogens with zero attached hydrogens (tertiary/aromatic N) is 2. The number of hydrogen-bond donors (Lipinski definition) is 3. The van der Waals surface area contributed by atoms with Crippen LogP contribution in [0, 0.1) is 5.82 Å². The minimum Gasteiger partial charge on any atom is -0.336 e. The highest BCUT2D eigenvalue weighted by molar-refractivity contribution is 9.10. The van der Waals surface area contributed by atoms with Gasteiger partial charge in [-0.2, -0.15) is 4.98 Å². The van der Waals surface area contributed by atoms with E-state index in [1.807, 2.05) is 0 Å². The van der Waals surface area contributed by atoms with Gasteiger partial charge in [0.25, 0.3) is 0 Å². The Morgan fingerprint density at radius 3 is 2.83 bits per heavy atom. The molecule has 0 bridgehead atoms. The molecule has 1 aromatic heterocycles. The van der Waals surface area contributed by atoms with E-state index in [0.717, 1.165) is 0 Å². The summed E-state index contributed by atoms with van der Waals surface area (Å²) in [6.45, 7) is 0. The molecule has 4 N–H and O–H groups in total. The number of anilines is 3. The molecule has 0 aliphatic heterocycles. The second-order valence-corrected chi connectivity index (χ2v) is 4.61. The fourth-order valence-corrected chi connectivity index (χ4v) is 1.71. The van der Waals surface area contributed by atoms with Crippen LogP contribution in [-0.2, 0) is 0 Å². The summed E-state index contributed by atoms with van der Waals surface area (Å²) >= 11 is 9.07. The van der Waals surface area contributed by atoms with Crippen molar-refractivity contribution in [1.82, 2.24) is 9.97 Å². The first kappa shape index (κ1) is 13.0. The monoisotopic (exact) mass is 331 g/mol. The van der Waals surface area contributed by atoms with Crippen LogP contribution in [0.15, 0.2) is 28.9 Å². The highest BCUT2D eigenvalue weighted by atomic mass is 79.9. The Kier molecular flexibility index (Phi) is 3.95. The molecule has 1 heterocycles. The van der Waals surface area contributed by atoms with Gasteiger partial charge < -0.3 is 5.32 Å². The van der Waals surface area contributed by atoms with E-state index in [4.69, 9.17) is 17.4 Å². The maximum absolute atomic E-state index is 13.6. The Labute approximate surface area is 116 Å². The average Bonchev–Trinajstić information content (AvgIpc) is 2.35. The zero-order chi connectivity index (χ0) is 13.1. The molecular weight excluding hydrogens is 324 g/mol. The molecule has 8 heteroatoms. The Bertz CT molecular complexity index is 580. The van der Waals surface area contributed by atoms with E-state index in [-0.39, 0.29) is 22.5 Å². The van der Waals surface area contributed by atoms with Gasteiger partial charge in [-0.3, -0.25) is 5.43 Å². The largest absolute Gasteiger partial charge is 0.336 e. The molecule has 0 unspecified atom stereocenters. The van der Waals surface area contributed by atoms with Crippen molar-refractivity contribution in [2.75, 3.05) is 10.7 Å². The van der Waals surface area contributed by atoms with Gasteiger partial charge in [0.05, 0.1) is 11.9 Å². The van der Waals surface area contributed by atoms with Crippen molar-refractivity contribution in [3.63, 3.8) is 0 Å². The Balaban J connectivity index is 2.33. The number of benzene rings is 1. The van der Waals surface area contributed by atoms with Gasteiger partial charge in [-0.25, -0.2) is 15.2 Å². The fourth-order valence-electron chi connectivity index (χ4n) is 1.24. The van der Waals surface area contributed by atoms with Gasteiger partial charge in [0, 0.05) is 4.47 Å². The smallest absolute Gasteiger partial charge is 0.239 e. The van der Waals surface area contributed by atoms with E-state index in [0.29, 0.717) is 4.47 Å². The maximum Gasteiger partial charge on any atom is 0.239 e. The minimum atomic E-state index is -0.429. The van der Waals surface area contributed by atoms with Gasteiger partial charge in [0.15, 0.2) is 5.82 Å². The number of nitrogens with two attached hydrogens (primary N) is 1. The number of nitrogens with one attached hydrogen (secondary N) is 2. The molecule has 18 heavy (non-hydrogen) atoms. The lowest BCUT2D eigenvalue weighted by Gasteiger charge is -2.09. The Morgan fingerprint density at radius 1 is 1.39 bits per heavy atom. The molecule has 0 spiro atoms. The molecule has 0 amide bonds. The maximum atomic E-state index is 13.6. The number of aromatic nitrogens is 2. The first-order valence-corrected chi connectivity index (χ1v) is 5.98. The van der Waals surface area contributed by atoms with Crippen molar-refractivity contribution >= 4 is 45.0 Å². The normalized spacial score (nSPS) is 10.2. The van der Waals surface area contributed by atoms with E-state index >= 15 is 0 Å². The fraction of sp³-hybridized carbons (Fsp3) is 0. The van der Waals surface area contributed by atoms with Gasteiger partial charge in [0.2, 0.25) is 5.95 Å². The lowest BCUT2D eigenvalue weighted by Crippen LogP contribution is -2.11. The highest BCUT2D eigenvalue weighted by Crippen LogP contribution is 2.26. The SMILES string of the molecule is NNc1ncc(Cl)c(Nc2ccc(Br)cc2F)n1. The lowest BCUT2D eigenvalue weighted by molar-refractivity contribution is 0.631. The summed E-state index contributed by atoms with van der Waals surface area (Å²) in [4.78, 5) is 7.80. The van der Waals surface area contributed by atoms with Crippen LogP contribution in [0.5, 0.6) is 0 Å². The summed E-state index contributed by atoms with van der Waals surface area (Å²) in [6.07, 6.45) is 1.36. The van der Waals surface area contributed by atoms with Crippen LogP contribution in [0.4, 0.5) is 21.8 Å². The van der Waals surface area contributed by atoms with E-state index in [1.54, 1.807) is 12.1 Å². The zero-order valence-electron chi connectivity index (χ0n) is 8.92. The molecule has 2 rings (SSSR count). The van der Waals surface area contributed by atoms with Gasteiger partial charge >= 0.3 is 0 Å². The Hall–Kier alpha value is -1.44. The predicted molar refractivity (Wildman–Crippen MR) is 72.2 cm³/mol. The molecule has 0 aliphatic carbocycles. The molecule has 0 aliphatic rings. The molecule has 2 aromatic rings. The summed E-state index contributed by atoms with van der Waals surface area (Å²) in [5.41, 5.74) is 2.53. The number of halogens is 3. The first-order chi connectivity index (χ1) is 8.60. The summed E-state index contributed by atoms with van der Waals surface area (Å²) in [5.74, 6) is 5.20. The first-order valence-electron chi connectivity index (χ1n) is 4.81. The molecule has 1 aromatic carbocycles. The summed E-state index contributed by atoms with van der Waals surface area (Å²) < 4.78 is 14.3. The highest BCUT2D eigenvalue weighted by Gasteiger charge is 2.08. The van der Waals surface area contributed by atoms with E-state index in [2.05, 4.69) is 36.6 Å². The molecule has 0 fully saturated rings. The zero-order valence-corrected chi connectivity index (χ0v) is 11.3. The Morgan fingerprint density at radius 2 is 2.17 bits per heavy atom. The van der Waals surface area contributed by atoms with Crippen molar-refractivity contribution in [3.05, 3.63) is 39.7 Å². The van der Waals surface area contributed by atoms with Gasteiger partial charge in [-0.15, -0.1) is 0 Å². The van der Waals surface area contributed by atoms with Gasteiger partial charge in [0.1, 0.15) is 10.8 Å². The second kappa shape index (κ2) is 5.47. The van der Waals surface area contributed by atoms with Gasteiger partial charge in [-0.1, -0.05) is 27.5 Å². The standard InChI is InChI=1S/C10H8BrClFN5/c11-5-1-2-8(7(13)3-5)16-9-6(12)4-15-10(17-9)18-14/h1-4H,14H2,(H2,15,16,17,18). The van der Waals surface area contributed by atoms with Crippen LogP contribution in [-0.4, -0.2) is 9.97 Å². The van der Waals surface area contributed by atoms with Crippen LogP contribution in [0.25, 0.3) is 0 Å². The van der Waals surface area contributed by atoms with Crippen LogP contribution >= 0.6 is 27.5 Å². The van der Waals surface area contributed by atoms with Crippen molar-refractivity contribution in [1.29, 1.82) is 0 Å². The van der Waals surface area contributed by atoms with E-state index in [1.165, 1.54) is 12.3 Å². The van der Waals surface area contributed by atoms with Crippen molar-refractivity contribution in [2.45, 2.75) is 0 Å². The summed E-state index contributed by atoms with van der Waals surface area (Å²) in [7, 11) is 0. The van der Waals surface area contributed by atoms with Gasteiger partial charge in [-0.05, 0) is 18.2 Å². The van der Waals surface area contributed by atoms with E-state index < -0.39 is 5.82 Å². The minimum absolute atomic E-state index is 0.180. The van der Waals surface area contributed by atoms with Crippen LogP contribution in [0.2, 0.25) is 5.02 Å². The predicted octanol–water partition coefficient (Wildman–Crippen LogP) is 3.06. The number of hydrogen-bond acceptors (Lipinski definition) is 5. The third-order valence-corrected chi connectivity index (χ3v) is 2.83. The molecule has 5 nitrogen and oxygen atoms in total.